The zero-order valence-corrected chi connectivity index (χ0v) is 11.4. The van der Waals surface area contributed by atoms with Gasteiger partial charge in [-0.15, -0.1) is 0 Å². The molecule has 0 aliphatic carbocycles. The number of hydrogen-bond acceptors (Lipinski definition) is 2. The highest BCUT2D eigenvalue weighted by atomic mass is 15.1. The van der Waals surface area contributed by atoms with Crippen molar-refractivity contribution in [1.82, 2.24) is 14.9 Å². The fourth-order valence-corrected chi connectivity index (χ4v) is 2.54. The molecule has 0 radical (unpaired) electrons. The highest BCUT2D eigenvalue weighted by Gasteiger charge is 2.16. The second-order valence-corrected chi connectivity index (χ2v) is 6.40. The molecule has 3 heteroatoms. The van der Waals surface area contributed by atoms with E-state index in [1.165, 1.54) is 31.5 Å². The van der Waals surface area contributed by atoms with Gasteiger partial charge in [0.1, 0.15) is 0 Å². The summed E-state index contributed by atoms with van der Waals surface area (Å²) in [7, 11) is 0. The lowest BCUT2D eigenvalue weighted by Crippen LogP contribution is -2.23. The average Bonchev–Trinajstić information content (AvgIpc) is 2.83. The van der Waals surface area contributed by atoms with Crippen molar-refractivity contribution in [1.29, 1.82) is 0 Å². The van der Waals surface area contributed by atoms with E-state index < -0.39 is 0 Å². The molecule has 0 bridgehead atoms. The van der Waals surface area contributed by atoms with E-state index in [-0.39, 0.29) is 0 Å². The van der Waals surface area contributed by atoms with Crippen LogP contribution in [0.2, 0.25) is 0 Å². The van der Waals surface area contributed by atoms with Gasteiger partial charge in [-0.3, -0.25) is 0 Å². The first-order valence-electron chi connectivity index (χ1n) is 6.77. The van der Waals surface area contributed by atoms with Gasteiger partial charge in [-0.05, 0) is 37.6 Å². The lowest BCUT2D eigenvalue weighted by atomic mass is 9.91. The van der Waals surface area contributed by atoms with Gasteiger partial charge in [0.05, 0.1) is 6.33 Å². The number of nitrogens with one attached hydrogen (secondary N) is 1. The van der Waals surface area contributed by atoms with E-state index in [1.807, 2.05) is 12.5 Å². The number of rotatable bonds is 4. The molecular weight excluding hydrogens is 210 g/mol. The van der Waals surface area contributed by atoms with Gasteiger partial charge in [0, 0.05) is 24.5 Å². The summed E-state index contributed by atoms with van der Waals surface area (Å²) < 4.78 is 2.32. The summed E-state index contributed by atoms with van der Waals surface area (Å²) in [6.45, 7) is 9.14. The Labute approximate surface area is 105 Å². The van der Waals surface area contributed by atoms with Crippen LogP contribution in [0.15, 0.2) is 12.5 Å². The number of nitrogens with zero attached hydrogens (tertiary/aromatic N) is 2. The maximum atomic E-state index is 4.29. The molecule has 0 amide bonds. The average molecular weight is 235 g/mol. The molecule has 0 saturated carbocycles. The van der Waals surface area contributed by atoms with Crippen molar-refractivity contribution in [2.45, 2.75) is 59.0 Å². The Morgan fingerprint density at radius 1 is 1.47 bits per heavy atom. The lowest BCUT2D eigenvalue weighted by Gasteiger charge is -2.19. The van der Waals surface area contributed by atoms with Crippen LogP contribution >= 0.6 is 0 Å². The summed E-state index contributed by atoms with van der Waals surface area (Å²) in [6.07, 6.45) is 9.01. The maximum absolute atomic E-state index is 4.29. The van der Waals surface area contributed by atoms with Gasteiger partial charge >= 0.3 is 0 Å². The Bertz CT molecular complexity index is 343. The minimum absolute atomic E-state index is 0.337. The van der Waals surface area contributed by atoms with Gasteiger partial charge in [0.15, 0.2) is 0 Å². The van der Waals surface area contributed by atoms with E-state index >= 15 is 0 Å². The molecule has 0 spiro atoms. The molecule has 1 aliphatic rings. The van der Waals surface area contributed by atoms with Crippen molar-refractivity contribution in [2.24, 2.45) is 5.41 Å². The molecule has 2 rings (SSSR count). The SMILES string of the molecule is CC(C)(C)Cc1cncn1CCC1CCCN1. The smallest absolute Gasteiger partial charge is 0.0948 e. The van der Waals surface area contributed by atoms with E-state index in [4.69, 9.17) is 0 Å². The fraction of sp³-hybridized carbons (Fsp3) is 0.786. The largest absolute Gasteiger partial charge is 0.335 e. The van der Waals surface area contributed by atoms with Crippen molar-refractivity contribution in [3.8, 4) is 0 Å². The second-order valence-electron chi connectivity index (χ2n) is 6.40. The fourth-order valence-electron chi connectivity index (χ4n) is 2.54. The lowest BCUT2D eigenvalue weighted by molar-refractivity contribution is 0.393. The third-order valence-electron chi connectivity index (χ3n) is 3.39. The van der Waals surface area contributed by atoms with E-state index in [1.54, 1.807) is 0 Å². The molecule has 1 N–H and O–H groups in total. The summed E-state index contributed by atoms with van der Waals surface area (Å²) in [4.78, 5) is 4.29. The first kappa shape index (κ1) is 12.6. The first-order valence-corrected chi connectivity index (χ1v) is 6.77. The molecular formula is C14H25N3. The molecule has 1 aromatic rings. The zero-order valence-electron chi connectivity index (χ0n) is 11.4. The maximum Gasteiger partial charge on any atom is 0.0948 e. The first-order chi connectivity index (χ1) is 8.04. The van der Waals surface area contributed by atoms with Gasteiger partial charge in [0.25, 0.3) is 0 Å². The molecule has 1 fully saturated rings. The van der Waals surface area contributed by atoms with Crippen molar-refractivity contribution < 1.29 is 0 Å². The van der Waals surface area contributed by atoms with Gasteiger partial charge in [-0.2, -0.15) is 0 Å². The molecule has 1 saturated heterocycles. The Balaban J connectivity index is 1.89. The highest BCUT2D eigenvalue weighted by Crippen LogP contribution is 2.20. The molecule has 3 nitrogen and oxygen atoms in total. The van der Waals surface area contributed by atoms with E-state index in [0.717, 1.165) is 19.0 Å². The van der Waals surface area contributed by atoms with Crippen LogP contribution in [0.25, 0.3) is 0 Å². The number of aryl methyl sites for hydroxylation is 1. The third kappa shape index (κ3) is 3.84. The number of imidazole rings is 1. The zero-order chi connectivity index (χ0) is 12.3. The summed E-state index contributed by atoms with van der Waals surface area (Å²) in [5, 5.41) is 3.55. The molecule has 17 heavy (non-hydrogen) atoms. The topological polar surface area (TPSA) is 29.9 Å². The highest BCUT2D eigenvalue weighted by molar-refractivity contribution is 5.01. The third-order valence-corrected chi connectivity index (χ3v) is 3.39. The molecule has 1 unspecified atom stereocenters. The standard InChI is InChI=1S/C14H25N3/c1-14(2,3)9-13-10-15-11-17(13)8-6-12-5-4-7-16-12/h10-12,16H,4-9H2,1-3H3. The van der Waals surface area contributed by atoms with Crippen LogP contribution in [0.4, 0.5) is 0 Å². The molecule has 0 aromatic carbocycles. The Morgan fingerprint density at radius 3 is 2.94 bits per heavy atom. The van der Waals surface area contributed by atoms with Gasteiger partial charge in [-0.25, -0.2) is 4.98 Å². The Kier molecular flexibility index (Phi) is 3.87. The summed E-state index contributed by atoms with van der Waals surface area (Å²) >= 11 is 0. The predicted octanol–water partition coefficient (Wildman–Crippen LogP) is 2.61. The van der Waals surface area contributed by atoms with Crippen LogP contribution in [-0.4, -0.2) is 22.1 Å². The van der Waals surface area contributed by atoms with E-state index in [2.05, 4.69) is 35.6 Å². The minimum Gasteiger partial charge on any atom is -0.335 e. The predicted molar refractivity (Wildman–Crippen MR) is 71.0 cm³/mol. The molecule has 1 atom stereocenters. The molecule has 96 valence electrons. The van der Waals surface area contributed by atoms with E-state index in [0.29, 0.717) is 5.41 Å². The normalized spacial score (nSPS) is 21.0. The molecule has 1 aliphatic heterocycles. The van der Waals surface area contributed by atoms with Crippen LogP contribution in [0.1, 0.15) is 45.7 Å². The van der Waals surface area contributed by atoms with Crippen LogP contribution < -0.4 is 5.32 Å². The molecule has 1 aromatic heterocycles. The van der Waals surface area contributed by atoms with Gasteiger partial charge in [-0.1, -0.05) is 20.8 Å². The van der Waals surface area contributed by atoms with Crippen LogP contribution in [0, 0.1) is 5.41 Å². The molecule has 2 heterocycles. The van der Waals surface area contributed by atoms with E-state index in [9.17, 15) is 0 Å². The minimum atomic E-state index is 0.337. The Hall–Kier alpha value is -0.830. The summed E-state index contributed by atoms with van der Waals surface area (Å²) in [5.74, 6) is 0. The number of aromatic nitrogens is 2. The van der Waals surface area contributed by atoms with Crippen molar-refractivity contribution >= 4 is 0 Å². The van der Waals surface area contributed by atoms with Crippen LogP contribution in [-0.2, 0) is 13.0 Å². The summed E-state index contributed by atoms with van der Waals surface area (Å²) in [6, 6.07) is 0.722. The summed E-state index contributed by atoms with van der Waals surface area (Å²) in [5.41, 5.74) is 1.71. The van der Waals surface area contributed by atoms with Crippen molar-refractivity contribution in [3.63, 3.8) is 0 Å². The monoisotopic (exact) mass is 235 g/mol. The number of hydrogen-bond donors (Lipinski definition) is 1. The van der Waals surface area contributed by atoms with Gasteiger partial charge in [0.2, 0.25) is 0 Å². The Morgan fingerprint density at radius 2 is 2.29 bits per heavy atom. The quantitative estimate of drug-likeness (QED) is 0.869. The van der Waals surface area contributed by atoms with Crippen molar-refractivity contribution in [2.75, 3.05) is 6.54 Å². The second kappa shape index (κ2) is 5.21. The van der Waals surface area contributed by atoms with Crippen LogP contribution in [0.3, 0.4) is 0 Å². The van der Waals surface area contributed by atoms with Crippen molar-refractivity contribution in [3.05, 3.63) is 18.2 Å². The van der Waals surface area contributed by atoms with Crippen LogP contribution in [0.5, 0.6) is 0 Å². The van der Waals surface area contributed by atoms with Gasteiger partial charge < -0.3 is 9.88 Å².